The van der Waals surface area contributed by atoms with E-state index in [0.29, 0.717) is 36.4 Å². The number of hydrogen-bond acceptors (Lipinski definition) is 7. The Morgan fingerprint density at radius 2 is 1.97 bits per heavy atom. The van der Waals surface area contributed by atoms with Crippen LogP contribution in [0, 0.1) is 6.92 Å². The Morgan fingerprint density at radius 1 is 1.17 bits per heavy atom. The molecule has 1 amide bonds. The molecule has 1 aliphatic rings. The molecule has 3 aromatic rings. The minimum absolute atomic E-state index is 0.0105. The van der Waals surface area contributed by atoms with Crippen LogP contribution in [0.4, 0.5) is 5.69 Å². The van der Waals surface area contributed by atoms with E-state index in [4.69, 9.17) is 0 Å². The summed E-state index contributed by atoms with van der Waals surface area (Å²) in [6.45, 7) is 4.63. The molecule has 0 saturated carbocycles. The van der Waals surface area contributed by atoms with Crippen LogP contribution >= 0.6 is 11.3 Å². The third-order valence-electron chi connectivity index (χ3n) is 5.22. The highest BCUT2D eigenvalue weighted by Crippen LogP contribution is 2.27. The number of aromatic nitrogens is 2. The minimum Gasteiger partial charge on any atom is -0.367 e. The number of rotatable bonds is 5. The van der Waals surface area contributed by atoms with Crippen molar-refractivity contribution in [2.24, 2.45) is 0 Å². The largest absolute Gasteiger partial charge is 0.367 e. The number of benzene rings is 1. The van der Waals surface area contributed by atoms with Gasteiger partial charge < -0.3 is 9.80 Å². The summed E-state index contributed by atoms with van der Waals surface area (Å²) >= 11 is 1.31. The quantitative estimate of drug-likeness (QED) is 0.619. The molecule has 1 fully saturated rings. The minimum atomic E-state index is -3.55. The first-order chi connectivity index (χ1) is 14.0. The van der Waals surface area contributed by atoms with Crippen LogP contribution in [0.2, 0.25) is 0 Å². The van der Waals surface area contributed by atoms with Crippen LogP contribution in [0.1, 0.15) is 12.0 Å². The van der Waals surface area contributed by atoms with E-state index in [1.54, 1.807) is 34.8 Å². The molecule has 2 aromatic heterocycles. The summed E-state index contributed by atoms with van der Waals surface area (Å²) in [5, 5.41) is 0. The van der Waals surface area contributed by atoms with Gasteiger partial charge in [-0.2, -0.15) is 0 Å². The van der Waals surface area contributed by atoms with Crippen LogP contribution in [-0.4, -0.2) is 61.1 Å². The Kier molecular flexibility index (Phi) is 5.51. The molecule has 0 aliphatic carbocycles. The first-order valence-corrected chi connectivity index (χ1v) is 12.0. The van der Waals surface area contributed by atoms with E-state index in [-0.39, 0.29) is 23.0 Å². The van der Waals surface area contributed by atoms with Crippen LogP contribution in [0.15, 0.2) is 47.1 Å². The molecule has 7 nitrogen and oxygen atoms in total. The van der Waals surface area contributed by atoms with Crippen molar-refractivity contribution in [1.82, 2.24) is 14.9 Å². The maximum atomic E-state index is 12.8. The predicted octanol–water partition coefficient (Wildman–Crippen LogP) is 2.51. The first kappa shape index (κ1) is 19.8. The molecule has 0 unspecified atom stereocenters. The number of carbonyl (C=O) groups is 1. The van der Waals surface area contributed by atoms with E-state index in [1.165, 1.54) is 11.3 Å². The topological polar surface area (TPSA) is 83.5 Å². The normalized spacial score (nSPS) is 15.1. The van der Waals surface area contributed by atoms with Crippen LogP contribution in [0.5, 0.6) is 0 Å². The number of thiazole rings is 1. The Balaban J connectivity index is 1.37. The second-order valence-corrected chi connectivity index (χ2v) is 9.99. The van der Waals surface area contributed by atoms with E-state index >= 15 is 0 Å². The van der Waals surface area contributed by atoms with Crippen molar-refractivity contribution in [3.8, 4) is 0 Å². The van der Waals surface area contributed by atoms with Gasteiger partial charge in [0.2, 0.25) is 5.91 Å². The van der Waals surface area contributed by atoms with Crippen molar-refractivity contribution in [3.63, 3.8) is 0 Å². The van der Waals surface area contributed by atoms with Crippen molar-refractivity contribution < 1.29 is 13.2 Å². The van der Waals surface area contributed by atoms with Crippen molar-refractivity contribution in [2.45, 2.75) is 18.2 Å². The summed E-state index contributed by atoms with van der Waals surface area (Å²) in [4.78, 5) is 25.2. The van der Waals surface area contributed by atoms with E-state index in [1.807, 2.05) is 19.2 Å². The fraction of sp³-hybridized carbons (Fsp3) is 0.350. The summed E-state index contributed by atoms with van der Waals surface area (Å²) in [5.74, 6) is -0.308. The summed E-state index contributed by atoms with van der Waals surface area (Å²) in [7, 11) is -3.55. The molecule has 1 aliphatic heterocycles. The lowest BCUT2D eigenvalue weighted by Crippen LogP contribution is -2.49. The lowest BCUT2D eigenvalue weighted by atomic mass is 10.2. The molecule has 3 heterocycles. The number of carbonyl (C=O) groups excluding carboxylic acids is 1. The van der Waals surface area contributed by atoms with Gasteiger partial charge in [0.1, 0.15) is 0 Å². The summed E-state index contributed by atoms with van der Waals surface area (Å²) < 4.78 is 26.3. The molecule has 1 aromatic carbocycles. The maximum absolute atomic E-state index is 12.8. The monoisotopic (exact) mass is 430 g/mol. The zero-order valence-electron chi connectivity index (χ0n) is 16.1. The van der Waals surface area contributed by atoms with Gasteiger partial charge in [-0.1, -0.05) is 6.07 Å². The zero-order chi connectivity index (χ0) is 20.4. The fourth-order valence-electron chi connectivity index (χ4n) is 3.58. The number of anilines is 1. The fourth-order valence-corrected chi connectivity index (χ4v) is 6.14. The standard InChI is InChI=1S/C20H22N4O3S2/c1-15-5-7-21-13-17(15)23-8-10-24(11-9-23)19(25)6-12-29(26,27)18-4-2-3-16-20(18)28-14-22-16/h2-5,7,13-14H,6,8-12H2,1H3. The highest BCUT2D eigenvalue weighted by molar-refractivity contribution is 7.91. The van der Waals surface area contributed by atoms with Gasteiger partial charge in [0.25, 0.3) is 0 Å². The zero-order valence-corrected chi connectivity index (χ0v) is 17.7. The highest BCUT2D eigenvalue weighted by Gasteiger charge is 2.25. The van der Waals surface area contributed by atoms with Gasteiger partial charge in [-0.3, -0.25) is 9.78 Å². The van der Waals surface area contributed by atoms with Crippen LogP contribution in [-0.2, 0) is 14.6 Å². The molecule has 0 radical (unpaired) electrons. The smallest absolute Gasteiger partial charge is 0.223 e. The lowest BCUT2D eigenvalue weighted by molar-refractivity contribution is -0.131. The Labute approximate surface area is 173 Å². The van der Waals surface area contributed by atoms with Gasteiger partial charge >= 0.3 is 0 Å². The molecule has 0 spiro atoms. The molecule has 152 valence electrons. The van der Waals surface area contributed by atoms with Crippen LogP contribution < -0.4 is 4.90 Å². The number of hydrogen-bond donors (Lipinski definition) is 0. The van der Waals surface area contributed by atoms with E-state index < -0.39 is 9.84 Å². The van der Waals surface area contributed by atoms with Gasteiger partial charge in [-0.15, -0.1) is 11.3 Å². The second-order valence-electron chi connectivity index (χ2n) is 7.06. The number of amides is 1. The van der Waals surface area contributed by atoms with Crippen molar-refractivity contribution >= 4 is 43.0 Å². The number of pyridine rings is 1. The molecular weight excluding hydrogens is 408 g/mol. The molecule has 29 heavy (non-hydrogen) atoms. The summed E-state index contributed by atoms with van der Waals surface area (Å²) in [6, 6.07) is 7.05. The van der Waals surface area contributed by atoms with Gasteiger partial charge in [0.15, 0.2) is 9.84 Å². The lowest BCUT2D eigenvalue weighted by Gasteiger charge is -2.36. The van der Waals surface area contributed by atoms with Crippen molar-refractivity contribution in [3.05, 3.63) is 47.7 Å². The van der Waals surface area contributed by atoms with E-state index in [0.717, 1.165) is 11.3 Å². The Bertz CT molecular complexity index is 1140. The van der Waals surface area contributed by atoms with E-state index in [2.05, 4.69) is 14.9 Å². The SMILES string of the molecule is Cc1ccncc1N1CCN(C(=O)CCS(=O)(=O)c2cccc3ncsc23)CC1. The third-order valence-corrected chi connectivity index (χ3v) is 7.98. The van der Waals surface area contributed by atoms with Gasteiger partial charge in [-0.25, -0.2) is 13.4 Å². The summed E-state index contributed by atoms with van der Waals surface area (Å²) in [6.07, 6.45) is 3.61. The molecule has 4 rings (SSSR count). The average molecular weight is 431 g/mol. The summed E-state index contributed by atoms with van der Waals surface area (Å²) in [5.41, 5.74) is 4.55. The first-order valence-electron chi connectivity index (χ1n) is 9.44. The molecule has 1 saturated heterocycles. The van der Waals surface area contributed by atoms with Gasteiger partial charge in [0, 0.05) is 38.8 Å². The van der Waals surface area contributed by atoms with Crippen LogP contribution in [0.3, 0.4) is 0 Å². The van der Waals surface area contributed by atoms with Crippen LogP contribution in [0.25, 0.3) is 10.2 Å². The second kappa shape index (κ2) is 8.08. The maximum Gasteiger partial charge on any atom is 0.223 e. The van der Waals surface area contributed by atoms with Crippen molar-refractivity contribution in [1.29, 1.82) is 0 Å². The molecule has 0 atom stereocenters. The highest BCUT2D eigenvalue weighted by atomic mass is 32.2. The van der Waals surface area contributed by atoms with E-state index in [9.17, 15) is 13.2 Å². The molecular formula is C20H22N4O3S2. The number of sulfone groups is 1. The Morgan fingerprint density at radius 3 is 2.72 bits per heavy atom. The predicted molar refractivity (Wildman–Crippen MR) is 114 cm³/mol. The van der Waals surface area contributed by atoms with Gasteiger partial charge in [0.05, 0.1) is 38.3 Å². The number of aryl methyl sites for hydroxylation is 1. The van der Waals surface area contributed by atoms with Gasteiger partial charge in [-0.05, 0) is 30.7 Å². The number of fused-ring (bicyclic) bond motifs is 1. The average Bonchev–Trinajstić information content (AvgIpc) is 3.21. The van der Waals surface area contributed by atoms with Crippen molar-refractivity contribution in [2.75, 3.05) is 36.8 Å². The number of nitrogens with zero attached hydrogens (tertiary/aromatic N) is 4. The molecule has 0 N–H and O–H groups in total. The number of piperazine rings is 1. The third kappa shape index (κ3) is 4.11. The molecule has 0 bridgehead atoms. The molecule has 9 heteroatoms. The Hall–Kier alpha value is -2.52.